The third kappa shape index (κ3) is 3.35. The zero-order valence-electron chi connectivity index (χ0n) is 14.0. The Balaban J connectivity index is 1.31. The van der Waals surface area contributed by atoms with Crippen molar-refractivity contribution in [1.82, 2.24) is 15.1 Å². The minimum atomic E-state index is 0.0924. The molecule has 0 aromatic heterocycles. The molecule has 0 unspecified atom stereocenters. The summed E-state index contributed by atoms with van der Waals surface area (Å²) < 4.78 is 10.7. The van der Waals surface area contributed by atoms with Gasteiger partial charge in [0, 0.05) is 38.3 Å². The van der Waals surface area contributed by atoms with Crippen LogP contribution < -0.4 is 14.8 Å². The maximum absolute atomic E-state index is 12.7. The van der Waals surface area contributed by atoms with Crippen LogP contribution in [-0.2, 0) is 0 Å². The molecule has 6 nitrogen and oxygen atoms in total. The van der Waals surface area contributed by atoms with E-state index in [9.17, 15) is 4.79 Å². The van der Waals surface area contributed by atoms with Gasteiger partial charge in [-0.2, -0.15) is 0 Å². The highest BCUT2D eigenvalue weighted by molar-refractivity contribution is 5.95. The number of rotatable bonds is 3. The first-order chi connectivity index (χ1) is 11.8. The van der Waals surface area contributed by atoms with Gasteiger partial charge in [0.1, 0.15) is 0 Å². The Morgan fingerprint density at radius 3 is 2.62 bits per heavy atom. The molecule has 1 amide bonds. The van der Waals surface area contributed by atoms with Crippen LogP contribution in [0, 0.1) is 5.92 Å². The summed E-state index contributed by atoms with van der Waals surface area (Å²) in [6, 6.07) is 5.45. The molecular formula is C18H25N3O3. The summed E-state index contributed by atoms with van der Waals surface area (Å²) in [5.74, 6) is 2.29. The second kappa shape index (κ2) is 6.99. The molecule has 2 fully saturated rings. The lowest BCUT2D eigenvalue weighted by atomic mass is 9.97. The maximum atomic E-state index is 12.7. The third-order valence-corrected chi connectivity index (χ3v) is 5.25. The van der Waals surface area contributed by atoms with Crippen LogP contribution in [-0.4, -0.2) is 68.3 Å². The average Bonchev–Trinajstić information content (AvgIpc) is 3.10. The Bertz CT molecular complexity index is 593. The first-order valence-electron chi connectivity index (χ1n) is 8.91. The zero-order valence-corrected chi connectivity index (χ0v) is 14.0. The van der Waals surface area contributed by atoms with Crippen molar-refractivity contribution in [3.63, 3.8) is 0 Å². The summed E-state index contributed by atoms with van der Waals surface area (Å²) in [6.45, 7) is 7.26. The minimum absolute atomic E-state index is 0.0924. The normalized spacial score (nSPS) is 21.9. The van der Waals surface area contributed by atoms with Gasteiger partial charge < -0.3 is 19.7 Å². The number of nitrogens with zero attached hydrogens (tertiary/aromatic N) is 2. The average molecular weight is 331 g/mol. The summed E-state index contributed by atoms with van der Waals surface area (Å²) in [5.41, 5.74) is 0.686. The summed E-state index contributed by atoms with van der Waals surface area (Å²) in [4.78, 5) is 17.2. The summed E-state index contributed by atoms with van der Waals surface area (Å²) in [5, 5.41) is 3.42. The van der Waals surface area contributed by atoms with E-state index in [1.54, 1.807) is 6.07 Å². The van der Waals surface area contributed by atoms with Crippen LogP contribution in [0.5, 0.6) is 11.5 Å². The molecule has 24 heavy (non-hydrogen) atoms. The van der Waals surface area contributed by atoms with E-state index in [0.717, 1.165) is 50.9 Å². The number of piperidine rings is 1. The van der Waals surface area contributed by atoms with Gasteiger partial charge in [0.05, 0.1) is 0 Å². The molecule has 1 aromatic carbocycles. The van der Waals surface area contributed by atoms with Crippen LogP contribution in [0.1, 0.15) is 23.2 Å². The van der Waals surface area contributed by atoms with Crippen LogP contribution in [0.4, 0.5) is 0 Å². The van der Waals surface area contributed by atoms with Crippen molar-refractivity contribution in [1.29, 1.82) is 0 Å². The van der Waals surface area contributed by atoms with E-state index in [-0.39, 0.29) is 12.7 Å². The number of benzene rings is 1. The molecule has 3 aliphatic rings. The third-order valence-electron chi connectivity index (χ3n) is 5.25. The van der Waals surface area contributed by atoms with Gasteiger partial charge in [-0.05, 0) is 50.0 Å². The van der Waals surface area contributed by atoms with E-state index < -0.39 is 0 Å². The molecule has 3 heterocycles. The number of hydrogen-bond acceptors (Lipinski definition) is 5. The topological polar surface area (TPSA) is 54.0 Å². The Morgan fingerprint density at radius 1 is 1.08 bits per heavy atom. The molecule has 0 spiro atoms. The molecule has 0 radical (unpaired) electrons. The van der Waals surface area contributed by atoms with Crippen molar-refractivity contribution >= 4 is 5.91 Å². The molecule has 6 heteroatoms. The van der Waals surface area contributed by atoms with Crippen molar-refractivity contribution in [3.05, 3.63) is 23.8 Å². The predicted molar refractivity (Wildman–Crippen MR) is 90.5 cm³/mol. The van der Waals surface area contributed by atoms with Crippen LogP contribution >= 0.6 is 0 Å². The fourth-order valence-corrected chi connectivity index (χ4v) is 3.78. The number of piperazine rings is 1. The van der Waals surface area contributed by atoms with Gasteiger partial charge in [0.25, 0.3) is 5.91 Å². The number of amides is 1. The highest BCUT2D eigenvalue weighted by Crippen LogP contribution is 2.32. The lowest BCUT2D eigenvalue weighted by Gasteiger charge is -2.37. The van der Waals surface area contributed by atoms with Gasteiger partial charge in [-0.15, -0.1) is 0 Å². The standard InChI is InChI=1S/C18H25N3O3/c22-18(15-1-2-16-17(11-15)24-13-23-16)21-9-7-20(8-10-21)12-14-3-5-19-6-4-14/h1-2,11,14,19H,3-10,12-13H2. The summed E-state index contributed by atoms with van der Waals surface area (Å²) in [7, 11) is 0. The fraction of sp³-hybridized carbons (Fsp3) is 0.611. The highest BCUT2D eigenvalue weighted by atomic mass is 16.7. The molecular weight excluding hydrogens is 306 g/mol. The number of fused-ring (bicyclic) bond motifs is 1. The van der Waals surface area contributed by atoms with Gasteiger partial charge >= 0.3 is 0 Å². The SMILES string of the molecule is O=C(c1ccc2c(c1)OCO2)N1CCN(CC2CCNCC2)CC1. The molecule has 1 N–H and O–H groups in total. The Labute approximate surface area is 142 Å². The monoisotopic (exact) mass is 331 g/mol. The Morgan fingerprint density at radius 2 is 1.83 bits per heavy atom. The van der Waals surface area contributed by atoms with E-state index in [1.807, 2.05) is 17.0 Å². The molecule has 1 aromatic rings. The molecule has 130 valence electrons. The van der Waals surface area contributed by atoms with Gasteiger partial charge in [-0.25, -0.2) is 0 Å². The van der Waals surface area contributed by atoms with Crippen molar-refractivity contribution in [3.8, 4) is 11.5 Å². The van der Waals surface area contributed by atoms with E-state index in [0.29, 0.717) is 11.3 Å². The number of carbonyl (C=O) groups excluding carboxylic acids is 1. The quantitative estimate of drug-likeness (QED) is 0.901. The van der Waals surface area contributed by atoms with Crippen LogP contribution in [0.3, 0.4) is 0 Å². The second-order valence-electron chi connectivity index (χ2n) is 6.85. The largest absolute Gasteiger partial charge is 0.454 e. The first-order valence-corrected chi connectivity index (χ1v) is 8.91. The van der Waals surface area contributed by atoms with Crippen molar-refractivity contribution in [2.24, 2.45) is 5.92 Å². The number of carbonyl (C=O) groups is 1. The first kappa shape index (κ1) is 15.7. The van der Waals surface area contributed by atoms with Crippen LogP contribution in [0.15, 0.2) is 18.2 Å². The van der Waals surface area contributed by atoms with Crippen molar-refractivity contribution in [2.75, 3.05) is 52.6 Å². The molecule has 2 saturated heterocycles. The number of ether oxygens (including phenoxy) is 2. The Hall–Kier alpha value is -1.79. The van der Waals surface area contributed by atoms with Gasteiger partial charge in [0.15, 0.2) is 11.5 Å². The highest BCUT2D eigenvalue weighted by Gasteiger charge is 2.25. The van der Waals surface area contributed by atoms with E-state index in [4.69, 9.17) is 9.47 Å². The predicted octanol–water partition coefficient (Wildman–Crippen LogP) is 1.17. The Kier molecular flexibility index (Phi) is 4.58. The smallest absolute Gasteiger partial charge is 0.254 e. The maximum Gasteiger partial charge on any atom is 0.254 e. The lowest BCUT2D eigenvalue weighted by Crippen LogP contribution is -2.50. The fourth-order valence-electron chi connectivity index (χ4n) is 3.78. The van der Waals surface area contributed by atoms with E-state index in [1.165, 1.54) is 19.4 Å². The van der Waals surface area contributed by atoms with E-state index in [2.05, 4.69) is 10.2 Å². The summed E-state index contributed by atoms with van der Waals surface area (Å²) in [6.07, 6.45) is 2.55. The van der Waals surface area contributed by atoms with Crippen molar-refractivity contribution < 1.29 is 14.3 Å². The molecule has 4 rings (SSSR count). The minimum Gasteiger partial charge on any atom is -0.454 e. The zero-order chi connectivity index (χ0) is 16.4. The van der Waals surface area contributed by atoms with E-state index >= 15 is 0 Å². The number of hydrogen-bond donors (Lipinski definition) is 1. The lowest BCUT2D eigenvalue weighted by molar-refractivity contribution is 0.0608. The molecule has 3 aliphatic heterocycles. The molecule has 0 aliphatic carbocycles. The van der Waals surface area contributed by atoms with Crippen LogP contribution in [0.25, 0.3) is 0 Å². The van der Waals surface area contributed by atoms with Gasteiger partial charge in [0.2, 0.25) is 6.79 Å². The van der Waals surface area contributed by atoms with Crippen LogP contribution in [0.2, 0.25) is 0 Å². The van der Waals surface area contributed by atoms with Crippen molar-refractivity contribution in [2.45, 2.75) is 12.8 Å². The summed E-state index contributed by atoms with van der Waals surface area (Å²) >= 11 is 0. The molecule has 0 bridgehead atoms. The number of nitrogens with one attached hydrogen (secondary N) is 1. The van der Waals surface area contributed by atoms with Gasteiger partial charge in [-0.1, -0.05) is 0 Å². The molecule has 0 saturated carbocycles. The molecule has 0 atom stereocenters. The van der Waals surface area contributed by atoms with Gasteiger partial charge in [-0.3, -0.25) is 9.69 Å². The second-order valence-corrected chi connectivity index (χ2v) is 6.85.